The van der Waals surface area contributed by atoms with Crippen LogP contribution in [0.15, 0.2) is 60.9 Å². The molecule has 2 heterocycles. The summed E-state index contributed by atoms with van der Waals surface area (Å²) in [6, 6.07) is 14.4. The van der Waals surface area contributed by atoms with Crippen molar-refractivity contribution in [2.24, 2.45) is 11.1 Å². The molecule has 0 atom stereocenters. The third-order valence-corrected chi connectivity index (χ3v) is 8.24. The van der Waals surface area contributed by atoms with E-state index in [9.17, 15) is 24.3 Å². The maximum absolute atomic E-state index is 14.0. The highest BCUT2D eigenvalue weighted by molar-refractivity contribution is 6.01. The van der Waals surface area contributed by atoms with Crippen molar-refractivity contribution in [3.63, 3.8) is 0 Å². The number of halogens is 1. The number of hydrogen-bond acceptors (Lipinski definition) is 7. The number of rotatable bonds is 9. The summed E-state index contributed by atoms with van der Waals surface area (Å²) >= 11 is 0. The fourth-order valence-electron chi connectivity index (χ4n) is 6.16. The van der Waals surface area contributed by atoms with E-state index in [1.54, 1.807) is 61.0 Å². The molecule has 4 aromatic rings. The van der Waals surface area contributed by atoms with Crippen molar-refractivity contribution in [3.8, 4) is 28.7 Å². The molecule has 2 saturated carbocycles. The van der Waals surface area contributed by atoms with Gasteiger partial charge in [-0.3, -0.25) is 9.59 Å². The number of carbonyl (C=O) groups is 2. The number of primary amides is 1. The molecule has 0 radical (unpaired) electrons. The molecule has 2 fully saturated rings. The maximum Gasteiger partial charge on any atom is 0.255 e. The molecule has 2 aliphatic rings. The normalized spacial score (nSPS) is 20.8. The second kappa shape index (κ2) is 11.0. The van der Waals surface area contributed by atoms with Gasteiger partial charge in [-0.25, -0.2) is 8.91 Å². The molecule has 0 bridgehead atoms. The summed E-state index contributed by atoms with van der Waals surface area (Å²) in [7, 11) is 0. The minimum absolute atomic E-state index is 0.0274. The van der Waals surface area contributed by atoms with Crippen molar-refractivity contribution < 1.29 is 28.6 Å². The first-order valence-corrected chi connectivity index (χ1v) is 14.4. The number of aliphatic hydroxyl groups is 1. The Morgan fingerprint density at radius 2 is 1.91 bits per heavy atom. The van der Waals surface area contributed by atoms with Gasteiger partial charge in [-0.05, 0) is 98.5 Å². The molecule has 2 amide bonds. The van der Waals surface area contributed by atoms with Crippen LogP contribution in [0.3, 0.4) is 0 Å². The lowest BCUT2D eigenvalue weighted by atomic mass is 9.53. The fraction of sp³-hybridized carbons (Fsp3) is 0.333. The van der Waals surface area contributed by atoms with Gasteiger partial charge < -0.3 is 25.6 Å². The Kier molecular flexibility index (Phi) is 7.25. The summed E-state index contributed by atoms with van der Waals surface area (Å²) in [4.78, 5) is 25.2. The summed E-state index contributed by atoms with van der Waals surface area (Å²) < 4.78 is 27.5. The van der Waals surface area contributed by atoms with Crippen LogP contribution in [0.1, 0.15) is 65.8 Å². The second-order valence-corrected chi connectivity index (χ2v) is 12.5. The summed E-state index contributed by atoms with van der Waals surface area (Å²) in [6.45, 7) is 3.44. The average molecular weight is 598 g/mol. The standard InChI is InChI=1S/C33H32FN5O5/c1-32(2,42)18-43-24-4-6-28-27(16-37-39(28)17-24)31(41)38-23-11-33(12-23)13-25(14-33)44-29-10-20(3-5-26(29)30(36)40)21-7-19(15-35)8-22(34)9-21/h3-10,16-17,23,25,42H,11-14,18H2,1-2H3,(H2,36,40)(H,38,41). The lowest BCUT2D eigenvalue weighted by molar-refractivity contribution is -0.0834. The average Bonchev–Trinajstić information content (AvgIpc) is 3.36. The number of carbonyl (C=O) groups excluding carboxylic acids is 2. The summed E-state index contributed by atoms with van der Waals surface area (Å²) in [5.74, 6) is -0.499. The van der Waals surface area contributed by atoms with Crippen LogP contribution in [0.4, 0.5) is 4.39 Å². The van der Waals surface area contributed by atoms with E-state index in [2.05, 4.69) is 10.4 Å². The van der Waals surface area contributed by atoms with Gasteiger partial charge in [-0.1, -0.05) is 6.07 Å². The van der Waals surface area contributed by atoms with Gasteiger partial charge in [0, 0.05) is 6.04 Å². The summed E-state index contributed by atoms with van der Waals surface area (Å²) in [5, 5.41) is 26.5. The van der Waals surface area contributed by atoms with E-state index in [1.165, 1.54) is 12.3 Å². The predicted molar refractivity (Wildman–Crippen MR) is 159 cm³/mol. The van der Waals surface area contributed by atoms with Crippen LogP contribution < -0.4 is 20.5 Å². The molecule has 0 saturated heterocycles. The van der Waals surface area contributed by atoms with Crippen LogP contribution in [0, 0.1) is 22.6 Å². The quantitative estimate of drug-likeness (QED) is 0.259. The first-order valence-electron chi connectivity index (χ1n) is 14.4. The van der Waals surface area contributed by atoms with E-state index >= 15 is 0 Å². The number of fused-ring (bicyclic) bond motifs is 1. The number of aromatic nitrogens is 2. The molecule has 44 heavy (non-hydrogen) atoms. The fourth-order valence-corrected chi connectivity index (χ4v) is 6.16. The molecule has 0 aliphatic heterocycles. The minimum atomic E-state index is -0.970. The first kappa shape index (κ1) is 29.1. The highest BCUT2D eigenvalue weighted by Crippen LogP contribution is 2.57. The van der Waals surface area contributed by atoms with Crippen molar-refractivity contribution in [3.05, 3.63) is 83.4 Å². The SMILES string of the molecule is CC(C)(O)COc1ccc2c(C(=O)NC3CC4(C3)CC(Oc3cc(-c5cc(F)cc(C#N)c5)ccc3C(N)=O)C4)cnn2c1. The van der Waals surface area contributed by atoms with Gasteiger partial charge in [0.05, 0.1) is 52.4 Å². The van der Waals surface area contributed by atoms with E-state index in [4.69, 9.17) is 15.2 Å². The van der Waals surface area contributed by atoms with Crippen molar-refractivity contribution in [2.75, 3.05) is 6.61 Å². The number of nitrogens with one attached hydrogen (secondary N) is 1. The molecule has 11 heteroatoms. The number of pyridine rings is 1. The monoisotopic (exact) mass is 597 g/mol. The zero-order chi connectivity index (χ0) is 31.2. The van der Waals surface area contributed by atoms with Gasteiger partial charge in [0.25, 0.3) is 11.8 Å². The Balaban J connectivity index is 1.05. The number of ether oxygens (including phenoxy) is 2. The third kappa shape index (κ3) is 5.94. The van der Waals surface area contributed by atoms with Crippen LogP contribution in [0.5, 0.6) is 11.5 Å². The van der Waals surface area contributed by atoms with E-state index in [0.29, 0.717) is 33.7 Å². The largest absolute Gasteiger partial charge is 0.490 e. The van der Waals surface area contributed by atoms with Gasteiger partial charge in [-0.15, -0.1) is 0 Å². The Morgan fingerprint density at radius 3 is 2.61 bits per heavy atom. The van der Waals surface area contributed by atoms with Crippen molar-refractivity contribution >= 4 is 17.3 Å². The first-order chi connectivity index (χ1) is 20.9. The van der Waals surface area contributed by atoms with Gasteiger partial charge in [0.1, 0.15) is 23.9 Å². The molecule has 2 aromatic carbocycles. The van der Waals surface area contributed by atoms with Crippen molar-refractivity contribution in [1.82, 2.24) is 14.9 Å². The number of benzene rings is 2. The van der Waals surface area contributed by atoms with Crippen LogP contribution in [0.25, 0.3) is 16.6 Å². The smallest absolute Gasteiger partial charge is 0.255 e. The number of nitrogens with zero attached hydrogens (tertiary/aromatic N) is 3. The zero-order valence-corrected chi connectivity index (χ0v) is 24.3. The molecule has 0 unspecified atom stereocenters. The van der Waals surface area contributed by atoms with Crippen LogP contribution in [-0.4, -0.2) is 50.9 Å². The van der Waals surface area contributed by atoms with E-state index in [0.717, 1.165) is 31.7 Å². The van der Waals surface area contributed by atoms with E-state index < -0.39 is 17.3 Å². The summed E-state index contributed by atoms with van der Waals surface area (Å²) in [6.07, 6.45) is 6.24. The minimum Gasteiger partial charge on any atom is -0.490 e. The second-order valence-electron chi connectivity index (χ2n) is 12.5. The van der Waals surface area contributed by atoms with Crippen LogP contribution in [-0.2, 0) is 0 Å². The lowest BCUT2D eigenvalue weighted by Gasteiger charge is -2.57. The van der Waals surface area contributed by atoms with E-state index in [-0.39, 0.29) is 41.2 Å². The molecule has 4 N–H and O–H groups in total. The highest BCUT2D eigenvalue weighted by atomic mass is 19.1. The number of nitrogens with two attached hydrogens (primary N) is 1. The Hall–Kier alpha value is -4.95. The highest BCUT2D eigenvalue weighted by Gasteiger charge is 2.54. The van der Waals surface area contributed by atoms with Crippen LogP contribution >= 0.6 is 0 Å². The van der Waals surface area contributed by atoms with Crippen molar-refractivity contribution in [1.29, 1.82) is 5.26 Å². The summed E-state index contributed by atoms with van der Waals surface area (Å²) in [5.41, 5.74) is 7.32. The number of hydrogen-bond donors (Lipinski definition) is 3. The predicted octanol–water partition coefficient (Wildman–Crippen LogP) is 4.38. The maximum atomic E-state index is 14.0. The Labute approximate surface area is 253 Å². The molecule has 226 valence electrons. The number of nitriles is 1. The van der Waals surface area contributed by atoms with Crippen molar-refractivity contribution in [2.45, 2.75) is 57.3 Å². The molecular formula is C33H32FN5O5. The molecule has 2 aliphatic carbocycles. The Morgan fingerprint density at radius 1 is 1.14 bits per heavy atom. The molecule has 1 spiro atoms. The van der Waals surface area contributed by atoms with Gasteiger partial charge >= 0.3 is 0 Å². The van der Waals surface area contributed by atoms with E-state index in [1.807, 2.05) is 6.07 Å². The topological polar surface area (TPSA) is 152 Å². The lowest BCUT2D eigenvalue weighted by Crippen LogP contribution is -2.58. The Bertz CT molecular complexity index is 1810. The molecular weight excluding hydrogens is 565 g/mol. The van der Waals surface area contributed by atoms with Gasteiger partial charge in [-0.2, -0.15) is 10.4 Å². The molecule has 10 nitrogen and oxygen atoms in total. The molecule has 6 rings (SSSR count). The number of amides is 2. The van der Waals surface area contributed by atoms with Gasteiger partial charge in [0.15, 0.2) is 0 Å². The third-order valence-electron chi connectivity index (χ3n) is 8.24. The van der Waals surface area contributed by atoms with Gasteiger partial charge in [0.2, 0.25) is 0 Å². The zero-order valence-electron chi connectivity index (χ0n) is 24.3. The van der Waals surface area contributed by atoms with Crippen LogP contribution in [0.2, 0.25) is 0 Å². The molecule has 2 aromatic heterocycles.